The van der Waals surface area contributed by atoms with E-state index in [1.165, 1.54) is 11.4 Å². The molecule has 1 aromatic heterocycles. The van der Waals surface area contributed by atoms with Crippen LogP contribution < -0.4 is 4.72 Å². The molecular formula is C12H18N2O5S2. The number of morpholine rings is 1. The van der Waals surface area contributed by atoms with Crippen molar-refractivity contribution in [2.24, 2.45) is 0 Å². The minimum atomic E-state index is -3.82. The molecule has 2 rings (SSSR count). The van der Waals surface area contributed by atoms with Crippen LogP contribution in [0.15, 0.2) is 16.3 Å². The van der Waals surface area contributed by atoms with Gasteiger partial charge in [-0.15, -0.1) is 11.3 Å². The van der Waals surface area contributed by atoms with Crippen LogP contribution in [0, 0.1) is 0 Å². The molecule has 0 amide bonds. The van der Waals surface area contributed by atoms with E-state index in [4.69, 9.17) is 9.84 Å². The van der Waals surface area contributed by atoms with Gasteiger partial charge < -0.3 is 9.84 Å². The van der Waals surface area contributed by atoms with Gasteiger partial charge in [0.05, 0.1) is 13.2 Å². The first-order valence-electron chi connectivity index (χ1n) is 6.53. The van der Waals surface area contributed by atoms with E-state index >= 15 is 0 Å². The van der Waals surface area contributed by atoms with Gasteiger partial charge in [-0.2, -0.15) is 0 Å². The molecule has 0 aliphatic carbocycles. The first-order valence-corrected chi connectivity index (χ1v) is 8.89. The number of hydrogen-bond acceptors (Lipinski definition) is 6. The highest BCUT2D eigenvalue weighted by Gasteiger charge is 2.26. The second kappa shape index (κ2) is 6.84. The van der Waals surface area contributed by atoms with Crippen LogP contribution in [0.3, 0.4) is 0 Å². The van der Waals surface area contributed by atoms with Crippen LogP contribution in [0.25, 0.3) is 0 Å². The predicted octanol–water partition coefficient (Wildman–Crippen LogP) is 0.445. The van der Waals surface area contributed by atoms with Gasteiger partial charge in [0.1, 0.15) is 9.77 Å². The molecule has 1 aliphatic heterocycles. The van der Waals surface area contributed by atoms with Gasteiger partial charge in [-0.3, -0.25) is 4.90 Å². The molecule has 0 aromatic carbocycles. The Bertz CT molecular complexity index is 593. The van der Waals surface area contributed by atoms with Gasteiger partial charge in [-0.1, -0.05) is 0 Å². The molecular weight excluding hydrogens is 316 g/mol. The Balaban J connectivity index is 2.02. The molecule has 0 spiro atoms. The average Bonchev–Trinajstić information content (AvgIpc) is 2.89. The number of thiophene rings is 1. The fourth-order valence-corrected chi connectivity index (χ4v) is 4.70. The van der Waals surface area contributed by atoms with Crippen molar-refractivity contribution in [1.29, 1.82) is 0 Å². The van der Waals surface area contributed by atoms with Crippen LogP contribution in [-0.2, 0) is 14.8 Å². The van der Waals surface area contributed by atoms with Crippen molar-refractivity contribution in [3.63, 3.8) is 0 Å². The molecule has 0 bridgehead atoms. The van der Waals surface area contributed by atoms with E-state index in [2.05, 4.69) is 9.62 Å². The Morgan fingerprint density at radius 2 is 2.19 bits per heavy atom. The van der Waals surface area contributed by atoms with Crippen molar-refractivity contribution in [1.82, 2.24) is 9.62 Å². The molecule has 1 aliphatic rings. The molecule has 1 saturated heterocycles. The maximum absolute atomic E-state index is 12.3. The zero-order valence-electron chi connectivity index (χ0n) is 11.6. The average molecular weight is 334 g/mol. The monoisotopic (exact) mass is 334 g/mol. The molecule has 118 valence electrons. The fraction of sp³-hybridized carbons (Fsp3) is 0.583. The minimum Gasteiger partial charge on any atom is -0.477 e. The summed E-state index contributed by atoms with van der Waals surface area (Å²) in [5.41, 5.74) is 0. The van der Waals surface area contributed by atoms with E-state index in [0.717, 1.165) is 24.4 Å². The third-order valence-corrected chi connectivity index (χ3v) is 5.77. The maximum Gasteiger partial charge on any atom is 0.347 e. The highest BCUT2D eigenvalue weighted by molar-refractivity contribution is 7.89. The van der Waals surface area contributed by atoms with E-state index in [0.29, 0.717) is 19.8 Å². The molecule has 1 aromatic rings. The first-order chi connectivity index (χ1) is 9.90. The molecule has 1 fully saturated rings. The number of aromatic carboxylic acids is 1. The molecule has 0 radical (unpaired) electrons. The van der Waals surface area contributed by atoms with Crippen molar-refractivity contribution in [3.05, 3.63) is 16.3 Å². The lowest BCUT2D eigenvalue weighted by molar-refractivity contribution is 0.0354. The van der Waals surface area contributed by atoms with Crippen molar-refractivity contribution in [2.45, 2.75) is 17.9 Å². The Labute approximate surface area is 127 Å². The van der Waals surface area contributed by atoms with E-state index in [-0.39, 0.29) is 15.8 Å². The van der Waals surface area contributed by atoms with Crippen LogP contribution in [0.4, 0.5) is 0 Å². The molecule has 1 unspecified atom stereocenters. The highest BCUT2D eigenvalue weighted by Crippen LogP contribution is 2.22. The fourth-order valence-electron chi connectivity index (χ4n) is 2.20. The Kier molecular flexibility index (Phi) is 5.33. The number of ether oxygens (including phenoxy) is 1. The maximum atomic E-state index is 12.3. The van der Waals surface area contributed by atoms with Crippen LogP contribution in [-0.4, -0.2) is 63.3 Å². The van der Waals surface area contributed by atoms with Crippen molar-refractivity contribution >= 4 is 27.3 Å². The van der Waals surface area contributed by atoms with E-state index < -0.39 is 16.0 Å². The van der Waals surface area contributed by atoms with Crippen molar-refractivity contribution < 1.29 is 23.1 Å². The second-order valence-electron chi connectivity index (χ2n) is 4.85. The summed E-state index contributed by atoms with van der Waals surface area (Å²) >= 11 is 0.902. The molecule has 1 atom stereocenters. The number of hydrogen-bond donors (Lipinski definition) is 2. The van der Waals surface area contributed by atoms with E-state index in [1.54, 1.807) is 6.92 Å². The standard InChI is InChI=1S/C12H18N2O5S2/c1-9(8-14-3-5-19-6-4-14)13-21(17,18)10-2-7-20-11(10)12(15)16/h2,7,9,13H,3-6,8H2,1H3,(H,15,16). The summed E-state index contributed by atoms with van der Waals surface area (Å²) in [6.07, 6.45) is 0. The molecule has 2 N–H and O–H groups in total. The van der Waals surface area contributed by atoms with Gasteiger partial charge in [0.25, 0.3) is 0 Å². The lowest BCUT2D eigenvalue weighted by Crippen LogP contribution is -2.46. The summed E-state index contributed by atoms with van der Waals surface area (Å²) in [5, 5.41) is 10.5. The second-order valence-corrected chi connectivity index (χ2v) is 7.45. The molecule has 21 heavy (non-hydrogen) atoms. The lowest BCUT2D eigenvalue weighted by Gasteiger charge is -2.29. The Hall–Kier alpha value is -1.00. The number of carbonyl (C=O) groups is 1. The number of carboxylic acid groups (broad SMARTS) is 1. The number of carboxylic acids is 1. The van der Waals surface area contributed by atoms with Crippen LogP contribution in [0.1, 0.15) is 16.6 Å². The topological polar surface area (TPSA) is 95.9 Å². The van der Waals surface area contributed by atoms with Gasteiger partial charge in [0.15, 0.2) is 0 Å². The summed E-state index contributed by atoms with van der Waals surface area (Å²) in [4.78, 5) is 12.8. The number of sulfonamides is 1. The summed E-state index contributed by atoms with van der Waals surface area (Å²) in [5.74, 6) is -1.23. The first kappa shape index (κ1) is 16.4. The van der Waals surface area contributed by atoms with Crippen molar-refractivity contribution in [2.75, 3.05) is 32.8 Å². The Morgan fingerprint density at radius 1 is 1.52 bits per heavy atom. The largest absolute Gasteiger partial charge is 0.477 e. The van der Waals surface area contributed by atoms with Crippen LogP contribution >= 0.6 is 11.3 Å². The summed E-state index contributed by atoms with van der Waals surface area (Å²) in [6, 6.07) is 1.01. The van der Waals surface area contributed by atoms with Crippen molar-refractivity contribution in [3.8, 4) is 0 Å². The molecule has 7 nitrogen and oxygen atoms in total. The van der Waals surface area contributed by atoms with E-state index in [9.17, 15) is 13.2 Å². The number of nitrogens with zero attached hydrogens (tertiary/aromatic N) is 1. The van der Waals surface area contributed by atoms with Gasteiger partial charge in [0.2, 0.25) is 10.0 Å². The van der Waals surface area contributed by atoms with E-state index in [1.807, 2.05) is 0 Å². The van der Waals surface area contributed by atoms with Gasteiger partial charge in [-0.05, 0) is 18.4 Å². The SMILES string of the molecule is CC(CN1CCOCC1)NS(=O)(=O)c1ccsc1C(=O)O. The predicted molar refractivity (Wildman–Crippen MR) is 78.3 cm³/mol. The van der Waals surface area contributed by atoms with Gasteiger partial charge >= 0.3 is 5.97 Å². The zero-order chi connectivity index (χ0) is 15.5. The zero-order valence-corrected chi connectivity index (χ0v) is 13.2. The summed E-state index contributed by atoms with van der Waals surface area (Å²) in [6.45, 7) is 5.16. The molecule has 9 heteroatoms. The van der Waals surface area contributed by atoms with Crippen LogP contribution in [0.5, 0.6) is 0 Å². The highest BCUT2D eigenvalue weighted by atomic mass is 32.2. The summed E-state index contributed by atoms with van der Waals surface area (Å²) in [7, 11) is -3.82. The summed E-state index contributed by atoms with van der Waals surface area (Å²) < 4.78 is 32.3. The lowest BCUT2D eigenvalue weighted by atomic mass is 10.3. The molecule has 2 heterocycles. The van der Waals surface area contributed by atoms with Gasteiger partial charge in [-0.25, -0.2) is 17.9 Å². The Morgan fingerprint density at radius 3 is 2.81 bits per heavy atom. The smallest absolute Gasteiger partial charge is 0.347 e. The third kappa shape index (κ3) is 4.24. The minimum absolute atomic E-state index is 0.166. The number of rotatable bonds is 6. The molecule has 0 saturated carbocycles. The third-order valence-electron chi connectivity index (χ3n) is 3.10. The number of nitrogens with one attached hydrogen (secondary N) is 1. The van der Waals surface area contributed by atoms with Gasteiger partial charge in [0, 0.05) is 25.7 Å². The van der Waals surface area contributed by atoms with Crippen LogP contribution in [0.2, 0.25) is 0 Å². The normalized spacial score (nSPS) is 18.5. The quantitative estimate of drug-likeness (QED) is 0.784.